The first kappa shape index (κ1) is 15.7. The molecule has 0 aliphatic rings. The second kappa shape index (κ2) is 6.70. The summed E-state index contributed by atoms with van der Waals surface area (Å²) in [6, 6.07) is -0.192. The van der Waals surface area contributed by atoms with E-state index in [4.69, 9.17) is 0 Å². The third-order valence-corrected chi connectivity index (χ3v) is 3.55. The minimum Gasteiger partial charge on any atom is -0.366 e. The normalized spacial score (nSPS) is 13.1. The number of nitrogens with zero attached hydrogens (tertiary/aromatic N) is 2. The molecule has 0 aliphatic carbocycles. The van der Waals surface area contributed by atoms with Gasteiger partial charge in [-0.2, -0.15) is 4.98 Å². The molecule has 19 heavy (non-hydrogen) atoms. The molecule has 7 heteroatoms. The van der Waals surface area contributed by atoms with Crippen LogP contribution in [0.3, 0.4) is 0 Å². The molecule has 0 aliphatic heterocycles. The van der Waals surface area contributed by atoms with Crippen molar-refractivity contribution in [2.24, 2.45) is 0 Å². The lowest BCUT2D eigenvalue weighted by molar-refractivity contribution is 0.598. The van der Waals surface area contributed by atoms with Gasteiger partial charge in [-0.3, -0.25) is 0 Å². The van der Waals surface area contributed by atoms with E-state index in [9.17, 15) is 8.42 Å². The van der Waals surface area contributed by atoms with Crippen molar-refractivity contribution < 1.29 is 8.42 Å². The van der Waals surface area contributed by atoms with Crippen LogP contribution in [0, 0.1) is 6.92 Å². The number of hydrogen-bond donors (Lipinski definition) is 2. The van der Waals surface area contributed by atoms with Crippen LogP contribution in [0.4, 0.5) is 11.8 Å². The molecule has 1 atom stereocenters. The molecule has 6 nitrogen and oxygen atoms in total. The maximum Gasteiger partial charge on any atom is 0.224 e. The Bertz CT molecular complexity index is 516. The van der Waals surface area contributed by atoms with Gasteiger partial charge in [-0.1, -0.05) is 6.92 Å². The van der Waals surface area contributed by atoms with E-state index in [1.54, 1.807) is 6.20 Å². The van der Waals surface area contributed by atoms with Gasteiger partial charge in [0.25, 0.3) is 0 Å². The third-order valence-electron chi connectivity index (χ3n) is 2.44. The summed E-state index contributed by atoms with van der Waals surface area (Å²) in [4.78, 5) is 8.53. The average Bonchev–Trinajstić information content (AvgIpc) is 2.27. The first-order chi connectivity index (χ1) is 8.81. The fourth-order valence-electron chi connectivity index (χ4n) is 1.64. The minimum atomic E-state index is -3.00. The van der Waals surface area contributed by atoms with E-state index in [1.807, 2.05) is 13.8 Å². The number of sulfone groups is 1. The van der Waals surface area contributed by atoms with Gasteiger partial charge in [-0.15, -0.1) is 0 Å². The largest absolute Gasteiger partial charge is 0.366 e. The van der Waals surface area contributed by atoms with Crippen molar-refractivity contribution in [3.8, 4) is 0 Å². The molecular formula is C12H22N4O2S. The number of rotatable bonds is 7. The van der Waals surface area contributed by atoms with E-state index >= 15 is 0 Å². The summed E-state index contributed by atoms with van der Waals surface area (Å²) < 4.78 is 22.5. The molecule has 0 fully saturated rings. The molecule has 0 amide bonds. The van der Waals surface area contributed by atoms with Crippen molar-refractivity contribution in [2.75, 3.05) is 29.2 Å². The Morgan fingerprint density at radius 2 is 2.11 bits per heavy atom. The van der Waals surface area contributed by atoms with Crippen molar-refractivity contribution in [1.82, 2.24) is 9.97 Å². The molecule has 0 radical (unpaired) electrons. The first-order valence-corrected chi connectivity index (χ1v) is 8.39. The monoisotopic (exact) mass is 286 g/mol. The highest BCUT2D eigenvalue weighted by molar-refractivity contribution is 7.90. The zero-order valence-corrected chi connectivity index (χ0v) is 12.7. The van der Waals surface area contributed by atoms with Crippen LogP contribution >= 0.6 is 0 Å². The van der Waals surface area contributed by atoms with Crippen molar-refractivity contribution in [2.45, 2.75) is 33.2 Å². The van der Waals surface area contributed by atoms with Crippen LogP contribution < -0.4 is 10.6 Å². The van der Waals surface area contributed by atoms with Crippen LogP contribution in [0.1, 0.15) is 25.8 Å². The second-order valence-electron chi connectivity index (χ2n) is 4.79. The Morgan fingerprint density at radius 1 is 1.42 bits per heavy atom. The molecule has 0 spiro atoms. The summed E-state index contributed by atoms with van der Waals surface area (Å²) in [5.41, 5.74) is 0.891. The predicted octanol–water partition coefficient (Wildman–Crippen LogP) is 1.45. The van der Waals surface area contributed by atoms with Gasteiger partial charge >= 0.3 is 0 Å². The van der Waals surface area contributed by atoms with Gasteiger partial charge in [0.15, 0.2) is 0 Å². The summed E-state index contributed by atoms with van der Waals surface area (Å²) in [6.45, 7) is 6.58. The molecule has 0 saturated carbocycles. The maximum atomic E-state index is 11.2. The van der Waals surface area contributed by atoms with E-state index < -0.39 is 9.84 Å². The van der Waals surface area contributed by atoms with Crippen molar-refractivity contribution in [1.29, 1.82) is 0 Å². The van der Waals surface area contributed by atoms with Gasteiger partial charge in [0.2, 0.25) is 5.95 Å². The van der Waals surface area contributed by atoms with Crippen LogP contribution in [-0.4, -0.2) is 43.0 Å². The molecule has 1 unspecified atom stereocenters. The number of aryl methyl sites for hydroxylation is 1. The van der Waals surface area contributed by atoms with Crippen LogP contribution in [0.2, 0.25) is 0 Å². The lowest BCUT2D eigenvalue weighted by atomic mass is 10.3. The highest BCUT2D eigenvalue weighted by Gasteiger charge is 2.12. The van der Waals surface area contributed by atoms with E-state index in [-0.39, 0.29) is 11.8 Å². The van der Waals surface area contributed by atoms with Gasteiger partial charge in [0, 0.05) is 30.6 Å². The minimum absolute atomic E-state index is 0.0775. The fraction of sp³-hybridized carbons (Fsp3) is 0.667. The quantitative estimate of drug-likeness (QED) is 0.789. The molecule has 108 valence electrons. The summed E-state index contributed by atoms with van der Waals surface area (Å²) in [7, 11) is -3.00. The number of hydrogen-bond acceptors (Lipinski definition) is 6. The summed E-state index contributed by atoms with van der Waals surface area (Å²) >= 11 is 0. The van der Waals surface area contributed by atoms with E-state index in [0.717, 1.165) is 18.5 Å². The van der Waals surface area contributed by atoms with Crippen LogP contribution in [0.5, 0.6) is 0 Å². The molecule has 0 saturated heterocycles. The van der Waals surface area contributed by atoms with Crippen LogP contribution in [0.25, 0.3) is 0 Å². The smallest absolute Gasteiger partial charge is 0.224 e. The zero-order valence-electron chi connectivity index (χ0n) is 11.9. The lowest BCUT2D eigenvalue weighted by Gasteiger charge is -2.15. The predicted molar refractivity (Wildman–Crippen MR) is 78.3 cm³/mol. The molecule has 0 bridgehead atoms. The van der Waals surface area contributed by atoms with Crippen molar-refractivity contribution >= 4 is 21.6 Å². The summed E-state index contributed by atoms with van der Waals surface area (Å²) in [5.74, 6) is 1.31. The Balaban J connectivity index is 2.76. The van der Waals surface area contributed by atoms with E-state index in [1.165, 1.54) is 6.26 Å². The van der Waals surface area contributed by atoms with Gasteiger partial charge in [0.05, 0.1) is 5.75 Å². The van der Waals surface area contributed by atoms with Crippen molar-refractivity contribution in [3.63, 3.8) is 0 Å². The number of aromatic nitrogens is 2. The number of anilines is 2. The zero-order chi connectivity index (χ0) is 14.5. The molecule has 1 heterocycles. The Hall–Kier alpha value is -1.37. The first-order valence-electron chi connectivity index (χ1n) is 6.33. The molecule has 1 aromatic rings. The van der Waals surface area contributed by atoms with E-state index in [2.05, 4.69) is 27.5 Å². The average molecular weight is 286 g/mol. The fourth-order valence-corrected chi connectivity index (χ4v) is 2.63. The van der Waals surface area contributed by atoms with E-state index in [0.29, 0.717) is 11.8 Å². The molecule has 2 N–H and O–H groups in total. The van der Waals surface area contributed by atoms with Crippen LogP contribution in [-0.2, 0) is 9.84 Å². The highest BCUT2D eigenvalue weighted by Crippen LogP contribution is 2.14. The van der Waals surface area contributed by atoms with Gasteiger partial charge in [-0.25, -0.2) is 13.4 Å². The van der Waals surface area contributed by atoms with Gasteiger partial charge in [0.1, 0.15) is 15.7 Å². The standard InChI is InChI=1S/C12H22N4O2S/c1-5-6-13-12-14-7-9(2)11(16-12)15-10(3)8-19(4,17)18/h7,10H,5-6,8H2,1-4H3,(H2,13,14,15,16). The Labute approximate surface area is 115 Å². The Kier molecular flexibility index (Phi) is 5.53. The molecule has 0 aromatic carbocycles. The van der Waals surface area contributed by atoms with Gasteiger partial charge in [-0.05, 0) is 20.3 Å². The van der Waals surface area contributed by atoms with Gasteiger partial charge < -0.3 is 10.6 Å². The summed E-state index contributed by atoms with van der Waals surface area (Å²) in [6.07, 6.45) is 3.94. The Morgan fingerprint density at radius 3 is 2.68 bits per heavy atom. The lowest BCUT2D eigenvalue weighted by Crippen LogP contribution is -2.26. The molecular weight excluding hydrogens is 264 g/mol. The second-order valence-corrected chi connectivity index (χ2v) is 6.97. The van der Waals surface area contributed by atoms with Crippen molar-refractivity contribution in [3.05, 3.63) is 11.8 Å². The highest BCUT2D eigenvalue weighted by atomic mass is 32.2. The topological polar surface area (TPSA) is 84.0 Å². The number of nitrogens with one attached hydrogen (secondary N) is 2. The maximum absolute atomic E-state index is 11.2. The molecule has 1 aromatic heterocycles. The molecule has 1 rings (SSSR count). The third kappa shape index (κ3) is 5.87. The summed E-state index contributed by atoms with van der Waals surface area (Å²) in [5, 5.41) is 6.22. The SMILES string of the molecule is CCCNc1ncc(C)c(NC(C)CS(C)(=O)=O)n1. The van der Waals surface area contributed by atoms with Crippen LogP contribution in [0.15, 0.2) is 6.20 Å².